The van der Waals surface area contributed by atoms with E-state index in [-0.39, 0.29) is 12.1 Å². The summed E-state index contributed by atoms with van der Waals surface area (Å²) in [5.41, 5.74) is 7.21. The van der Waals surface area contributed by atoms with Gasteiger partial charge in [0.15, 0.2) is 0 Å². The molecule has 3 unspecified atom stereocenters. The standard InChI is InChI=1S/C17H26ClNO/c1-11-7-14(10-17(3,4)9-11)20-13-5-6-15(12(2)19)16(18)8-13/h5-6,8,11-12,14H,7,9-10,19H2,1-4H3. The first-order valence-electron chi connectivity index (χ1n) is 7.48. The second-order valence-corrected chi connectivity index (χ2v) is 7.53. The molecule has 2 rings (SSSR count). The minimum atomic E-state index is -0.0508. The van der Waals surface area contributed by atoms with Crippen LogP contribution < -0.4 is 10.5 Å². The van der Waals surface area contributed by atoms with Gasteiger partial charge < -0.3 is 10.5 Å². The molecule has 1 aliphatic rings. The monoisotopic (exact) mass is 295 g/mol. The average molecular weight is 296 g/mol. The van der Waals surface area contributed by atoms with Crippen LogP contribution in [0.2, 0.25) is 5.02 Å². The second kappa shape index (κ2) is 5.95. The molecule has 1 aromatic rings. The highest BCUT2D eigenvalue weighted by atomic mass is 35.5. The van der Waals surface area contributed by atoms with E-state index in [1.54, 1.807) is 0 Å². The second-order valence-electron chi connectivity index (χ2n) is 7.13. The summed E-state index contributed by atoms with van der Waals surface area (Å²) in [5, 5.41) is 0.695. The summed E-state index contributed by atoms with van der Waals surface area (Å²) < 4.78 is 6.15. The Hall–Kier alpha value is -0.730. The molecule has 3 atom stereocenters. The third kappa shape index (κ3) is 3.89. The number of rotatable bonds is 3. The number of benzene rings is 1. The van der Waals surface area contributed by atoms with Crippen LogP contribution in [0.4, 0.5) is 0 Å². The van der Waals surface area contributed by atoms with Gasteiger partial charge >= 0.3 is 0 Å². The lowest BCUT2D eigenvalue weighted by Crippen LogP contribution is -2.34. The molecule has 112 valence electrons. The lowest BCUT2D eigenvalue weighted by molar-refractivity contribution is 0.0562. The van der Waals surface area contributed by atoms with Gasteiger partial charge in [-0.25, -0.2) is 0 Å². The van der Waals surface area contributed by atoms with E-state index in [0.717, 1.165) is 24.2 Å². The molecule has 1 aliphatic carbocycles. The van der Waals surface area contributed by atoms with Crippen molar-refractivity contribution in [2.45, 2.75) is 59.1 Å². The molecule has 1 saturated carbocycles. The van der Waals surface area contributed by atoms with Crippen molar-refractivity contribution in [2.24, 2.45) is 17.1 Å². The van der Waals surface area contributed by atoms with E-state index in [1.165, 1.54) is 6.42 Å². The van der Waals surface area contributed by atoms with Crippen molar-refractivity contribution in [3.05, 3.63) is 28.8 Å². The maximum absolute atomic E-state index is 6.27. The maximum Gasteiger partial charge on any atom is 0.121 e. The molecular formula is C17H26ClNO. The predicted molar refractivity (Wildman–Crippen MR) is 85.3 cm³/mol. The molecule has 0 aromatic heterocycles. The van der Waals surface area contributed by atoms with Crippen LogP contribution in [0.3, 0.4) is 0 Å². The molecule has 2 N–H and O–H groups in total. The molecular weight excluding hydrogens is 270 g/mol. The van der Waals surface area contributed by atoms with Crippen molar-refractivity contribution in [3.63, 3.8) is 0 Å². The minimum absolute atomic E-state index is 0.0508. The van der Waals surface area contributed by atoms with Gasteiger partial charge in [-0.1, -0.05) is 38.4 Å². The molecule has 0 spiro atoms. The highest BCUT2D eigenvalue weighted by Crippen LogP contribution is 2.40. The highest BCUT2D eigenvalue weighted by molar-refractivity contribution is 6.31. The van der Waals surface area contributed by atoms with Crippen LogP contribution in [0.15, 0.2) is 18.2 Å². The maximum atomic E-state index is 6.27. The average Bonchev–Trinajstić information content (AvgIpc) is 2.25. The summed E-state index contributed by atoms with van der Waals surface area (Å²) in [5.74, 6) is 1.57. The van der Waals surface area contributed by atoms with Gasteiger partial charge in [0.25, 0.3) is 0 Å². The fraction of sp³-hybridized carbons (Fsp3) is 0.647. The summed E-state index contributed by atoms with van der Waals surface area (Å²) in [6.45, 7) is 8.90. The van der Waals surface area contributed by atoms with Gasteiger partial charge in [0.1, 0.15) is 5.75 Å². The van der Waals surface area contributed by atoms with Crippen molar-refractivity contribution in [1.29, 1.82) is 0 Å². The van der Waals surface area contributed by atoms with Crippen LogP contribution in [0.5, 0.6) is 5.75 Å². The number of ether oxygens (including phenoxy) is 1. The van der Waals surface area contributed by atoms with E-state index in [0.29, 0.717) is 16.4 Å². The molecule has 1 aromatic carbocycles. The minimum Gasteiger partial charge on any atom is -0.490 e. The SMILES string of the molecule is CC1CC(Oc2ccc(C(C)N)c(Cl)c2)CC(C)(C)C1. The zero-order valence-electron chi connectivity index (χ0n) is 12.9. The smallest absolute Gasteiger partial charge is 0.121 e. The quantitative estimate of drug-likeness (QED) is 0.856. The van der Waals surface area contributed by atoms with Gasteiger partial charge in [-0.15, -0.1) is 0 Å². The summed E-state index contributed by atoms with van der Waals surface area (Å²) in [4.78, 5) is 0. The molecule has 0 saturated heterocycles. The largest absolute Gasteiger partial charge is 0.490 e. The molecule has 2 nitrogen and oxygen atoms in total. The van der Waals surface area contributed by atoms with Crippen molar-refractivity contribution in [1.82, 2.24) is 0 Å². The van der Waals surface area contributed by atoms with Gasteiger partial charge in [-0.2, -0.15) is 0 Å². The Bertz CT molecular complexity index is 470. The fourth-order valence-corrected chi connectivity index (χ4v) is 3.83. The summed E-state index contributed by atoms with van der Waals surface area (Å²) in [6, 6.07) is 5.80. The number of halogens is 1. The van der Waals surface area contributed by atoms with Crippen molar-refractivity contribution in [3.8, 4) is 5.75 Å². The molecule has 0 aliphatic heterocycles. The fourth-order valence-electron chi connectivity index (χ4n) is 3.49. The van der Waals surface area contributed by atoms with E-state index in [2.05, 4.69) is 20.8 Å². The Balaban J connectivity index is 2.08. The Kier molecular flexibility index (Phi) is 4.66. The Morgan fingerprint density at radius 3 is 2.60 bits per heavy atom. The molecule has 0 radical (unpaired) electrons. The van der Waals surface area contributed by atoms with Crippen molar-refractivity contribution in [2.75, 3.05) is 0 Å². The van der Waals surface area contributed by atoms with Crippen LogP contribution in [0.25, 0.3) is 0 Å². The van der Waals surface area contributed by atoms with Gasteiger partial charge in [-0.3, -0.25) is 0 Å². The lowest BCUT2D eigenvalue weighted by atomic mass is 9.71. The molecule has 0 bridgehead atoms. The van der Waals surface area contributed by atoms with Crippen molar-refractivity contribution < 1.29 is 4.74 Å². The number of hydrogen-bond acceptors (Lipinski definition) is 2. The van der Waals surface area contributed by atoms with E-state index < -0.39 is 0 Å². The number of hydrogen-bond donors (Lipinski definition) is 1. The summed E-state index contributed by atoms with van der Waals surface area (Å²) >= 11 is 6.27. The van der Waals surface area contributed by atoms with E-state index in [4.69, 9.17) is 22.1 Å². The van der Waals surface area contributed by atoms with Crippen LogP contribution in [-0.4, -0.2) is 6.10 Å². The topological polar surface area (TPSA) is 35.2 Å². The first-order chi connectivity index (χ1) is 9.27. The van der Waals surface area contributed by atoms with E-state index >= 15 is 0 Å². The van der Waals surface area contributed by atoms with Gasteiger partial charge in [0, 0.05) is 11.1 Å². The first-order valence-corrected chi connectivity index (χ1v) is 7.86. The molecule has 0 amide bonds. The molecule has 0 heterocycles. The van der Waals surface area contributed by atoms with Gasteiger partial charge in [0.2, 0.25) is 0 Å². The molecule has 3 heteroatoms. The van der Waals surface area contributed by atoms with Crippen LogP contribution >= 0.6 is 11.6 Å². The third-order valence-corrected chi connectivity index (χ3v) is 4.44. The normalized spacial score (nSPS) is 27.1. The Morgan fingerprint density at radius 1 is 1.35 bits per heavy atom. The van der Waals surface area contributed by atoms with E-state index in [1.807, 2.05) is 25.1 Å². The summed E-state index contributed by atoms with van der Waals surface area (Å²) in [7, 11) is 0. The number of nitrogens with two attached hydrogens (primary N) is 1. The molecule has 20 heavy (non-hydrogen) atoms. The lowest BCUT2D eigenvalue weighted by Gasteiger charge is -2.38. The van der Waals surface area contributed by atoms with Crippen molar-refractivity contribution >= 4 is 11.6 Å². The Morgan fingerprint density at radius 2 is 2.05 bits per heavy atom. The summed E-state index contributed by atoms with van der Waals surface area (Å²) in [6.07, 6.45) is 3.78. The third-order valence-electron chi connectivity index (χ3n) is 4.11. The Labute approximate surface area is 127 Å². The van der Waals surface area contributed by atoms with Crippen LogP contribution in [0, 0.1) is 11.3 Å². The highest BCUT2D eigenvalue weighted by Gasteiger charge is 2.33. The predicted octanol–water partition coefficient (Wildman–Crippen LogP) is 4.95. The van der Waals surface area contributed by atoms with Gasteiger partial charge in [-0.05, 0) is 55.2 Å². The first kappa shape index (κ1) is 15.7. The van der Waals surface area contributed by atoms with Gasteiger partial charge in [0.05, 0.1) is 6.10 Å². The van der Waals surface area contributed by atoms with Crippen LogP contribution in [-0.2, 0) is 0 Å². The van der Waals surface area contributed by atoms with E-state index in [9.17, 15) is 0 Å². The van der Waals surface area contributed by atoms with Crippen LogP contribution in [0.1, 0.15) is 58.6 Å². The molecule has 1 fully saturated rings. The zero-order chi connectivity index (χ0) is 14.9. The zero-order valence-corrected chi connectivity index (χ0v) is 13.7.